The van der Waals surface area contributed by atoms with E-state index in [1.807, 2.05) is 0 Å². The molecule has 0 radical (unpaired) electrons. The maximum Gasteiger partial charge on any atom is 0.337 e. The molecule has 14 heavy (non-hydrogen) atoms. The van der Waals surface area contributed by atoms with Gasteiger partial charge >= 0.3 is 5.97 Å². The van der Waals surface area contributed by atoms with Gasteiger partial charge in [-0.05, 0) is 0 Å². The Hall–Kier alpha value is -1.49. The first kappa shape index (κ1) is 10.6. The SMILES string of the molecule is Cl.O=C(O)c1cnc2c(c1)OCCN2. The number of aromatic nitrogens is 1. The van der Waals surface area contributed by atoms with Crippen LogP contribution in [0.5, 0.6) is 5.75 Å². The number of nitrogens with one attached hydrogen (secondary N) is 1. The zero-order valence-electron chi connectivity index (χ0n) is 7.19. The van der Waals surface area contributed by atoms with E-state index in [0.717, 1.165) is 0 Å². The smallest absolute Gasteiger partial charge is 0.337 e. The van der Waals surface area contributed by atoms with Gasteiger partial charge in [-0.15, -0.1) is 12.4 Å². The van der Waals surface area contributed by atoms with Gasteiger partial charge < -0.3 is 15.2 Å². The molecule has 0 amide bonds. The van der Waals surface area contributed by atoms with Crippen LogP contribution in [0, 0.1) is 0 Å². The molecule has 2 rings (SSSR count). The van der Waals surface area contributed by atoms with Gasteiger partial charge in [-0.3, -0.25) is 0 Å². The number of hydrogen-bond acceptors (Lipinski definition) is 4. The first-order chi connectivity index (χ1) is 6.27. The largest absolute Gasteiger partial charge is 0.488 e. The monoisotopic (exact) mass is 216 g/mol. The lowest BCUT2D eigenvalue weighted by atomic mass is 10.2. The average molecular weight is 217 g/mol. The van der Waals surface area contributed by atoms with Crippen molar-refractivity contribution in [2.45, 2.75) is 0 Å². The second-order valence-corrected chi connectivity index (χ2v) is 2.65. The van der Waals surface area contributed by atoms with Crippen LogP contribution in [0.25, 0.3) is 0 Å². The van der Waals surface area contributed by atoms with Crippen molar-refractivity contribution in [3.8, 4) is 5.75 Å². The zero-order chi connectivity index (χ0) is 9.26. The molecule has 0 atom stereocenters. The highest BCUT2D eigenvalue weighted by Crippen LogP contribution is 2.25. The molecule has 0 bridgehead atoms. The number of carbonyl (C=O) groups is 1. The predicted octanol–water partition coefficient (Wildman–Crippen LogP) is 1.01. The fraction of sp³-hybridized carbons (Fsp3) is 0.250. The van der Waals surface area contributed by atoms with Gasteiger partial charge in [-0.1, -0.05) is 0 Å². The van der Waals surface area contributed by atoms with Gasteiger partial charge in [0.2, 0.25) is 0 Å². The molecule has 76 valence electrons. The molecular weight excluding hydrogens is 208 g/mol. The lowest BCUT2D eigenvalue weighted by Gasteiger charge is -2.17. The Kier molecular flexibility index (Phi) is 3.14. The maximum atomic E-state index is 10.6. The minimum Gasteiger partial charge on any atom is -0.488 e. The quantitative estimate of drug-likeness (QED) is 0.733. The van der Waals surface area contributed by atoms with Crippen LogP contribution in [-0.4, -0.2) is 29.2 Å². The van der Waals surface area contributed by atoms with Crippen molar-refractivity contribution in [2.24, 2.45) is 0 Å². The highest BCUT2D eigenvalue weighted by Gasteiger charge is 2.13. The number of carboxylic acid groups (broad SMARTS) is 1. The van der Waals surface area contributed by atoms with Crippen LogP contribution < -0.4 is 10.1 Å². The topological polar surface area (TPSA) is 71.5 Å². The normalized spacial score (nSPS) is 12.9. The third-order valence-corrected chi connectivity index (χ3v) is 1.75. The average Bonchev–Trinajstić information content (AvgIpc) is 2.17. The molecular formula is C8H9ClN2O3. The van der Waals surface area contributed by atoms with Crippen molar-refractivity contribution in [3.63, 3.8) is 0 Å². The lowest BCUT2D eigenvalue weighted by molar-refractivity contribution is 0.0696. The molecule has 1 aliphatic rings. The number of nitrogens with zero attached hydrogens (tertiary/aromatic N) is 1. The number of rotatable bonds is 1. The molecule has 2 heterocycles. The molecule has 0 aromatic carbocycles. The summed E-state index contributed by atoms with van der Waals surface area (Å²) < 4.78 is 5.23. The van der Waals surface area contributed by atoms with Gasteiger partial charge in [-0.25, -0.2) is 9.78 Å². The minimum atomic E-state index is -0.996. The number of fused-ring (bicyclic) bond motifs is 1. The van der Waals surface area contributed by atoms with Gasteiger partial charge in [0, 0.05) is 12.3 Å². The number of pyridine rings is 1. The number of hydrogen-bond donors (Lipinski definition) is 2. The van der Waals surface area contributed by atoms with Crippen LogP contribution in [0.15, 0.2) is 12.3 Å². The predicted molar refractivity (Wildman–Crippen MR) is 52.4 cm³/mol. The van der Waals surface area contributed by atoms with Gasteiger partial charge in [0.05, 0.1) is 12.1 Å². The first-order valence-corrected chi connectivity index (χ1v) is 3.87. The molecule has 0 spiro atoms. The summed E-state index contributed by atoms with van der Waals surface area (Å²) in [6.45, 7) is 1.24. The highest BCUT2D eigenvalue weighted by atomic mass is 35.5. The summed E-state index contributed by atoms with van der Waals surface area (Å²) in [7, 11) is 0. The number of aromatic carboxylic acids is 1. The lowest BCUT2D eigenvalue weighted by Crippen LogP contribution is -2.19. The fourth-order valence-corrected chi connectivity index (χ4v) is 1.13. The van der Waals surface area contributed by atoms with Crippen molar-refractivity contribution in [1.82, 2.24) is 4.98 Å². The summed E-state index contributed by atoms with van der Waals surface area (Å²) in [4.78, 5) is 14.5. The van der Waals surface area contributed by atoms with E-state index < -0.39 is 5.97 Å². The molecule has 0 aliphatic carbocycles. The van der Waals surface area contributed by atoms with Crippen LogP contribution in [0.3, 0.4) is 0 Å². The van der Waals surface area contributed by atoms with Gasteiger partial charge in [-0.2, -0.15) is 0 Å². The van der Waals surface area contributed by atoms with Crippen LogP contribution in [-0.2, 0) is 0 Å². The fourth-order valence-electron chi connectivity index (χ4n) is 1.13. The van der Waals surface area contributed by atoms with E-state index in [0.29, 0.717) is 24.7 Å². The Bertz CT molecular complexity index is 356. The Labute approximate surface area is 86.5 Å². The molecule has 2 N–H and O–H groups in total. The van der Waals surface area contributed by atoms with Crippen molar-refractivity contribution in [1.29, 1.82) is 0 Å². The molecule has 0 saturated carbocycles. The van der Waals surface area contributed by atoms with E-state index in [1.165, 1.54) is 12.3 Å². The molecule has 1 aliphatic heterocycles. The van der Waals surface area contributed by atoms with Crippen molar-refractivity contribution >= 4 is 24.2 Å². The third kappa shape index (κ3) is 1.88. The van der Waals surface area contributed by atoms with E-state index >= 15 is 0 Å². The summed E-state index contributed by atoms with van der Waals surface area (Å²) in [6.07, 6.45) is 1.31. The maximum absolute atomic E-state index is 10.6. The van der Waals surface area contributed by atoms with E-state index in [9.17, 15) is 4.79 Å². The Morgan fingerprint density at radius 2 is 2.43 bits per heavy atom. The Morgan fingerprint density at radius 1 is 1.64 bits per heavy atom. The molecule has 5 nitrogen and oxygen atoms in total. The zero-order valence-corrected chi connectivity index (χ0v) is 8.00. The second-order valence-electron chi connectivity index (χ2n) is 2.65. The second kappa shape index (κ2) is 4.15. The number of carboxylic acids is 1. The number of anilines is 1. The van der Waals surface area contributed by atoms with Crippen LogP contribution in [0.4, 0.5) is 5.82 Å². The summed E-state index contributed by atoms with van der Waals surface area (Å²) >= 11 is 0. The standard InChI is InChI=1S/C8H8N2O3.ClH/c11-8(12)5-3-6-7(10-4-5)9-1-2-13-6;/h3-4H,1-2H2,(H,9,10)(H,11,12);1H. The summed E-state index contributed by atoms with van der Waals surface area (Å²) in [5, 5.41) is 11.7. The Balaban J connectivity index is 0.000000980. The minimum absolute atomic E-state index is 0. The van der Waals surface area contributed by atoms with E-state index in [-0.39, 0.29) is 18.0 Å². The van der Waals surface area contributed by atoms with Crippen molar-refractivity contribution in [3.05, 3.63) is 17.8 Å². The van der Waals surface area contributed by atoms with Gasteiger partial charge in [0.1, 0.15) is 6.61 Å². The van der Waals surface area contributed by atoms with E-state index in [4.69, 9.17) is 9.84 Å². The number of halogens is 1. The van der Waals surface area contributed by atoms with Crippen LogP contribution in [0.2, 0.25) is 0 Å². The van der Waals surface area contributed by atoms with E-state index in [1.54, 1.807) is 0 Å². The van der Waals surface area contributed by atoms with Crippen molar-refractivity contribution < 1.29 is 14.6 Å². The molecule has 1 aromatic heterocycles. The summed E-state index contributed by atoms with van der Waals surface area (Å²) in [5.41, 5.74) is 0.141. The van der Waals surface area contributed by atoms with Gasteiger partial charge in [0.15, 0.2) is 11.6 Å². The highest BCUT2D eigenvalue weighted by molar-refractivity contribution is 5.88. The number of ether oxygens (including phenoxy) is 1. The molecule has 1 aromatic rings. The van der Waals surface area contributed by atoms with E-state index in [2.05, 4.69) is 10.3 Å². The van der Waals surface area contributed by atoms with Crippen LogP contribution >= 0.6 is 12.4 Å². The molecule has 0 saturated heterocycles. The summed E-state index contributed by atoms with van der Waals surface area (Å²) in [6, 6.07) is 1.47. The summed E-state index contributed by atoms with van der Waals surface area (Å²) in [5.74, 6) is 0.117. The molecule has 0 unspecified atom stereocenters. The molecule has 0 fully saturated rings. The third-order valence-electron chi connectivity index (χ3n) is 1.75. The van der Waals surface area contributed by atoms with Crippen LogP contribution in [0.1, 0.15) is 10.4 Å². The van der Waals surface area contributed by atoms with Gasteiger partial charge in [0.25, 0.3) is 0 Å². The molecule has 6 heteroatoms. The Morgan fingerprint density at radius 3 is 3.14 bits per heavy atom. The first-order valence-electron chi connectivity index (χ1n) is 3.87. The van der Waals surface area contributed by atoms with Crippen molar-refractivity contribution in [2.75, 3.05) is 18.5 Å².